The van der Waals surface area contributed by atoms with E-state index in [0.29, 0.717) is 0 Å². The molecule has 0 spiro atoms. The van der Waals surface area contributed by atoms with Crippen molar-refractivity contribution >= 4 is 38.9 Å². The van der Waals surface area contributed by atoms with E-state index in [1.165, 1.54) is 12.1 Å². The van der Waals surface area contributed by atoms with Crippen LogP contribution in [0.1, 0.15) is 23.2 Å². The molecule has 0 aliphatic carbocycles. The molecule has 29 heavy (non-hydrogen) atoms. The zero-order valence-electron chi connectivity index (χ0n) is 15.0. The van der Waals surface area contributed by atoms with E-state index in [1.807, 2.05) is 0 Å². The number of aliphatic hydroxyl groups excluding tert-OH is 1. The smallest absolute Gasteiger partial charge is 0.257 e. The van der Waals surface area contributed by atoms with Crippen molar-refractivity contribution in [2.45, 2.75) is 23.8 Å². The maximum atomic E-state index is 14.4. The number of nitrogens with zero attached hydrogens (tertiary/aromatic N) is 1. The molecule has 0 radical (unpaired) electrons. The second-order valence-corrected chi connectivity index (χ2v) is 8.90. The number of anilines is 2. The average molecular weight is 446 g/mol. The van der Waals surface area contributed by atoms with Crippen molar-refractivity contribution in [3.8, 4) is 0 Å². The lowest BCUT2D eigenvalue weighted by Crippen LogP contribution is -2.40. The molecule has 0 bridgehead atoms. The highest BCUT2D eigenvalue weighted by molar-refractivity contribution is 7.89. The van der Waals surface area contributed by atoms with Gasteiger partial charge in [0.25, 0.3) is 5.91 Å². The van der Waals surface area contributed by atoms with Gasteiger partial charge in [-0.15, -0.1) is 0 Å². The summed E-state index contributed by atoms with van der Waals surface area (Å²) in [5.74, 6) is -2.69. The number of nitrogens with two attached hydrogens (primary N) is 1. The predicted molar refractivity (Wildman–Crippen MR) is 104 cm³/mol. The topological polar surface area (TPSA) is 113 Å². The Hall–Kier alpha value is -2.27. The highest BCUT2D eigenvalue weighted by Crippen LogP contribution is 2.28. The van der Waals surface area contributed by atoms with Gasteiger partial charge in [0.05, 0.1) is 16.7 Å². The molecule has 0 unspecified atom stereocenters. The molecule has 1 fully saturated rings. The van der Waals surface area contributed by atoms with Gasteiger partial charge in [0, 0.05) is 24.5 Å². The third kappa shape index (κ3) is 4.50. The van der Waals surface area contributed by atoms with Crippen LogP contribution in [-0.2, 0) is 10.0 Å². The van der Waals surface area contributed by atoms with Gasteiger partial charge in [0.1, 0.15) is 16.5 Å². The van der Waals surface area contributed by atoms with Crippen molar-refractivity contribution in [1.82, 2.24) is 4.31 Å². The van der Waals surface area contributed by atoms with Crippen molar-refractivity contribution in [3.05, 3.63) is 52.6 Å². The van der Waals surface area contributed by atoms with Crippen LogP contribution in [0.5, 0.6) is 0 Å². The van der Waals surface area contributed by atoms with Gasteiger partial charge in [-0.25, -0.2) is 17.2 Å². The first-order chi connectivity index (χ1) is 13.6. The Morgan fingerprint density at radius 1 is 1.17 bits per heavy atom. The van der Waals surface area contributed by atoms with Gasteiger partial charge in [0.2, 0.25) is 10.0 Å². The molecule has 0 saturated carbocycles. The number of halogens is 3. The van der Waals surface area contributed by atoms with Crippen LogP contribution in [0.3, 0.4) is 0 Å². The van der Waals surface area contributed by atoms with Crippen LogP contribution < -0.4 is 11.1 Å². The number of carbonyl (C=O) groups excluding carboxylic acids is 1. The Balaban J connectivity index is 1.92. The van der Waals surface area contributed by atoms with Crippen LogP contribution in [-0.4, -0.2) is 42.9 Å². The zero-order valence-corrected chi connectivity index (χ0v) is 16.6. The number of hydrogen-bond acceptors (Lipinski definition) is 5. The van der Waals surface area contributed by atoms with E-state index in [-0.39, 0.29) is 47.9 Å². The van der Waals surface area contributed by atoms with E-state index in [9.17, 15) is 27.1 Å². The molecule has 0 atom stereocenters. The predicted octanol–water partition coefficient (Wildman–Crippen LogP) is 2.60. The monoisotopic (exact) mass is 445 g/mol. The van der Waals surface area contributed by atoms with Gasteiger partial charge in [0.15, 0.2) is 0 Å². The second kappa shape index (κ2) is 8.23. The number of nitrogen functional groups attached to an aromatic ring is 1. The number of hydrogen-bond donors (Lipinski definition) is 3. The van der Waals surface area contributed by atoms with Gasteiger partial charge in [-0.05, 0) is 43.2 Å². The molecule has 1 amide bonds. The van der Waals surface area contributed by atoms with E-state index >= 15 is 0 Å². The summed E-state index contributed by atoms with van der Waals surface area (Å²) in [6.45, 7) is 0.0534. The first-order valence-corrected chi connectivity index (χ1v) is 10.4. The van der Waals surface area contributed by atoms with Crippen molar-refractivity contribution in [1.29, 1.82) is 0 Å². The van der Waals surface area contributed by atoms with Crippen molar-refractivity contribution in [2.75, 3.05) is 24.1 Å². The Morgan fingerprint density at radius 2 is 1.83 bits per heavy atom. The molecule has 4 N–H and O–H groups in total. The van der Waals surface area contributed by atoms with Crippen LogP contribution in [0.2, 0.25) is 5.02 Å². The van der Waals surface area contributed by atoms with Gasteiger partial charge in [-0.2, -0.15) is 4.31 Å². The number of rotatable bonds is 4. The quantitative estimate of drug-likeness (QED) is 0.626. The first-order valence-electron chi connectivity index (χ1n) is 8.63. The van der Waals surface area contributed by atoms with Crippen LogP contribution >= 0.6 is 11.6 Å². The first kappa shape index (κ1) is 21.4. The molecule has 7 nitrogen and oxygen atoms in total. The number of carbonyl (C=O) groups is 1. The van der Waals surface area contributed by atoms with Crippen molar-refractivity contribution in [3.63, 3.8) is 0 Å². The van der Waals surface area contributed by atoms with E-state index in [1.54, 1.807) is 0 Å². The van der Waals surface area contributed by atoms with E-state index in [0.717, 1.165) is 22.5 Å². The number of benzene rings is 2. The van der Waals surface area contributed by atoms with Crippen LogP contribution in [0, 0.1) is 11.6 Å². The van der Waals surface area contributed by atoms with Gasteiger partial charge < -0.3 is 16.2 Å². The molecule has 1 aliphatic heterocycles. The van der Waals surface area contributed by atoms with E-state index < -0.39 is 38.6 Å². The maximum absolute atomic E-state index is 14.4. The van der Waals surface area contributed by atoms with Crippen LogP contribution in [0.15, 0.2) is 35.2 Å². The molecule has 1 heterocycles. The molecule has 1 aliphatic rings. The number of nitrogens with one attached hydrogen (secondary N) is 1. The Kier molecular flexibility index (Phi) is 6.08. The summed E-state index contributed by atoms with van der Waals surface area (Å²) in [5.41, 5.74) is 5.21. The van der Waals surface area contributed by atoms with Gasteiger partial charge in [-0.1, -0.05) is 11.6 Å². The van der Waals surface area contributed by atoms with Crippen molar-refractivity contribution < 1.29 is 27.1 Å². The summed E-state index contributed by atoms with van der Waals surface area (Å²) in [6, 6.07) is 5.17. The number of sulfonamides is 1. The Bertz CT molecular complexity index is 1060. The summed E-state index contributed by atoms with van der Waals surface area (Å²) in [7, 11) is -4.24. The number of amides is 1. The number of aliphatic hydroxyl groups is 1. The Morgan fingerprint density at radius 3 is 2.45 bits per heavy atom. The zero-order chi connectivity index (χ0) is 21.3. The summed E-state index contributed by atoms with van der Waals surface area (Å²) in [4.78, 5) is 11.8. The molecule has 3 rings (SSSR count). The van der Waals surface area contributed by atoms with E-state index in [4.69, 9.17) is 17.3 Å². The third-order valence-electron chi connectivity index (χ3n) is 4.57. The maximum Gasteiger partial charge on any atom is 0.257 e. The van der Waals surface area contributed by atoms with Crippen LogP contribution in [0.25, 0.3) is 0 Å². The molecule has 156 valence electrons. The second-order valence-electron chi connectivity index (χ2n) is 6.59. The fourth-order valence-corrected chi connectivity index (χ4v) is 4.62. The standard InChI is InChI=1S/C18H18ClF2N3O4S/c19-13-2-1-10(7-14(13)20)23-18(26)12-8-17(15(21)9-16(12)22)29(27,28)24-5-3-11(25)4-6-24/h1-2,7-9,11,25H,3-6,22H2,(H,23,26). The minimum atomic E-state index is -4.24. The normalized spacial score (nSPS) is 16.0. The lowest BCUT2D eigenvalue weighted by Gasteiger charge is -2.29. The van der Waals surface area contributed by atoms with Crippen LogP contribution in [0.4, 0.5) is 20.2 Å². The SMILES string of the molecule is Nc1cc(F)c(S(=O)(=O)N2CCC(O)CC2)cc1C(=O)Nc1ccc(Cl)c(F)c1. The summed E-state index contributed by atoms with van der Waals surface area (Å²) in [5, 5.41) is 11.8. The molecular formula is C18H18ClF2N3O4S. The summed E-state index contributed by atoms with van der Waals surface area (Å²) < 4.78 is 54.6. The largest absolute Gasteiger partial charge is 0.398 e. The lowest BCUT2D eigenvalue weighted by atomic mass is 10.1. The molecular weight excluding hydrogens is 428 g/mol. The molecule has 2 aromatic rings. The lowest BCUT2D eigenvalue weighted by molar-refractivity contribution is 0.102. The van der Waals surface area contributed by atoms with E-state index in [2.05, 4.69) is 5.32 Å². The molecule has 0 aromatic heterocycles. The van der Waals surface area contributed by atoms with Crippen molar-refractivity contribution in [2.24, 2.45) is 0 Å². The molecule has 11 heteroatoms. The van der Waals surface area contributed by atoms with Gasteiger partial charge in [-0.3, -0.25) is 4.79 Å². The number of piperidine rings is 1. The fourth-order valence-electron chi connectivity index (χ4n) is 2.96. The third-order valence-corrected chi connectivity index (χ3v) is 6.79. The Labute approximate surface area is 171 Å². The molecule has 2 aromatic carbocycles. The average Bonchev–Trinajstić information content (AvgIpc) is 2.65. The highest BCUT2D eigenvalue weighted by atomic mass is 35.5. The van der Waals surface area contributed by atoms with Gasteiger partial charge >= 0.3 is 0 Å². The minimum absolute atomic E-state index is 0.0267. The molecule has 1 saturated heterocycles. The highest BCUT2D eigenvalue weighted by Gasteiger charge is 2.32. The summed E-state index contributed by atoms with van der Waals surface area (Å²) >= 11 is 5.59. The fraction of sp³-hybridized carbons (Fsp3) is 0.278. The minimum Gasteiger partial charge on any atom is -0.398 e. The summed E-state index contributed by atoms with van der Waals surface area (Å²) in [6.07, 6.45) is -0.157.